The molecule has 1 saturated heterocycles. The van der Waals surface area contributed by atoms with Crippen LogP contribution < -0.4 is 16.0 Å². The maximum Gasteiger partial charge on any atom is 0.251 e. The Morgan fingerprint density at radius 2 is 1.63 bits per heavy atom. The number of hydrogen-bond acceptors (Lipinski definition) is 3. The van der Waals surface area contributed by atoms with Crippen molar-refractivity contribution in [1.82, 2.24) is 16.0 Å². The zero-order chi connectivity index (χ0) is 18.9. The van der Waals surface area contributed by atoms with Gasteiger partial charge in [0.05, 0.1) is 0 Å². The Morgan fingerprint density at radius 3 is 2.33 bits per heavy atom. The van der Waals surface area contributed by atoms with E-state index in [4.69, 9.17) is 0 Å². The number of rotatable bonds is 7. The van der Waals surface area contributed by atoms with E-state index in [0.29, 0.717) is 18.5 Å². The van der Waals surface area contributed by atoms with E-state index in [-0.39, 0.29) is 17.9 Å². The number of nitrogens with one attached hydrogen (secondary N) is 3. The van der Waals surface area contributed by atoms with Gasteiger partial charge in [0.1, 0.15) is 0 Å². The van der Waals surface area contributed by atoms with Gasteiger partial charge in [-0.25, -0.2) is 0 Å². The average Bonchev–Trinajstić information content (AvgIpc) is 2.72. The molecule has 0 unspecified atom stereocenters. The summed E-state index contributed by atoms with van der Waals surface area (Å²) in [7, 11) is 0. The van der Waals surface area contributed by atoms with Crippen molar-refractivity contribution in [3.8, 4) is 0 Å². The molecule has 27 heavy (non-hydrogen) atoms. The molecule has 2 aromatic carbocycles. The van der Waals surface area contributed by atoms with Crippen LogP contribution in [0.1, 0.15) is 40.7 Å². The van der Waals surface area contributed by atoms with Crippen molar-refractivity contribution in [1.29, 1.82) is 0 Å². The first kappa shape index (κ1) is 19.1. The summed E-state index contributed by atoms with van der Waals surface area (Å²) in [6.07, 6.45) is 3.15. The summed E-state index contributed by atoms with van der Waals surface area (Å²) >= 11 is 0. The molecule has 2 aromatic rings. The van der Waals surface area contributed by atoms with Gasteiger partial charge >= 0.3 is 0 Å². The topological polar surface area (TPSA) is 70.2 Å². The molecule has 1 heterocycles. The Hall–Kier alpha value is -2.66. The van der Waals surface area contributed by atoms with Gasteiger partial charge in [0.15, 0.2) is 0 Å². The van der Waals surface area contributed by atoms with Crippen molar-refractivity contribution in [2.45, 2.75) is 38.3 Å². The zero-order valence-corrected chi connectivity index (χ0v) is 15.5. The minimum absolute atomic E-state index is 0.0275. The Bertz CT molecular complexity index is 738. The molecule has 1 aliphatic rings. The Labute approximate surface area is 160 Å². The molecule has 2 amide bonds. The van der Waals surface area contributed by atoms with Gasteiger partial charge in [0.2, 0.25) is 5.91 Å². The normalized spacial score (nSPS) is 14.5. The van der Waals surface area contributed by atoms with Gasteiger partial charge in [-0.15, -0.1) is 0 Å². The summed E-state index contributed by atoms with van der Waals surface area (Å²) in [4.78, 5) is 24.3. The molecule has 0 radical (unpaired) electrons. The summed E-state index contributed by atoms with van der Waals surface area (Å²) in [5, 5.41) is 9.32. The quantitative estimate of drug-likeness (QED) is 0.706. The van der Waals surface area contributed by atoms with Crippen LogP contribution in [0.25, 0.3) is 0 Å². The second-order valence-corrected chi connectivity index (χ2v) is 6.96. The summed E-state index contributed by atoms with van der Waals surface area (Å²) in [5.41, 5.74) is 2.81. The van der Waals surface area contributed by atoms with Crippen LogP contribution in [0.5, 0.6) is 0 Å². The van der Waals surface area contributed by atoms with Gasteiger partial charge in [-0.05, 0) is 55.6 Å². The predicted octanol–water partition coefficient (Wildman–Crippen LogP) is 2.42. The van der Waals surface area contributed by atoms with E-state index in [0.717, 1.165) is 43.5 Å². The molecule has 1 aliphatic heterocycles. The maximum atomic E-state index is 12.3. The van der Waals surface area contributed by atoms with Crippen LogP contribution in [0.15, 0.2) is 54.6 Å². The standard InChI is InChI=1S/C22H27N3O2/c26-21(11-8-17-4-2-1-3-5-17)24-16-18-6-9-19(10-7-18)22(27)25-20-12-14-23-15-13-20/h1-7,9-10,20,23H,8,11-16H2,(H,24,26)(H,25,27). The lowest BCUT2D eigenvalue weighted by atomic mass is 10.1. The van der Waals surface area contributed by atoms with Crippen LogP contribution in [-0.4, -0.2) is 30.9 Å². The number of carbonyl (C=O) groups excluding carboxylic acids is 2. The zero-order valence-electron chi connectivity index (χ0n) is 15.5. The Balaban J connectivity index is 1.41. The molecule has 3 rings (SSSR count). The van der Waals surface area contributed by atoms with Crippen molar-refractivity contribution in [3.63, 3.8) is 0 Å². The number of piperidine rings is 1. The molecule has 0 spiro atoms. The lowest BCUT2D eigenvalue weighted by molar-refractivity contribution is -0.121. The number of hydrogen-bond donors (Lipinski definition) is 3. The number of carbonyl (C=O) groups is 2. The number of amides is 2. The van der Waals surface area contributed by atoms with Crippen LogP contribution in [-0.2, 0) is 17.8 Å². The fourth-order valence-corrected chi connectivity index (χ4v) is 3.20. The maximum absolute atomic E-state index is 12.3. The van der Waals surface area contributed by atoms with Crippen molar-refractivity contribution >= 4 is 11.8 Å². The minimum Gasteiger partial charge on any atom is -0.352 e. The van der Waals surface area contributed by atoms with E-state index in [9.17, 15) is 9.59 Å². The van der Waals surface area contributed by atoms with Crippen LogP contribution in [0.4, 0.5) is 0 Å². The molecule has 5 heteroatoms. The summed E-state index contributed by atoms with van der Waals surface area (Å²) < 4.78 is 0. The smallest absolute Gasteiger partial charge is 0.251 e. The number of benzene rings is 2. The highest BCUT2D eigenvalue weighted by Crippen LogP contribution is 2.08. The third-order valence-electron chi connectivity index (χ3n) is 4.86. The molecule has 1 fully saturated rings. The van der Waals surface area contributed by atoms with Crippen molar-refractivity contribution in [2.75, 3.05) is 13.1 Å². The van der Waals surface area contributed by atoms with Crippen molar-refractivity contribution in [3.05, 3.63) is 71.3 Å². The van der Waals surface area contributed by atoms with Gasteiger partial charge in [-0.2, -0.15) is 0 Å². The van der Waals surface area contributed by atoms with E-state index in [1.54, 1.807) is 0 Å². The molecule has 0 bridgehead atoms. The summed E-state index contributed by atoms with van der Waals surface area (Å²) in [5.74, 6) is 0.00641. The first-order valence-corrected chi connectivity index (χ1v) is 9.62. The van der Waals surface area contributed by atoms with Gasteiger partial charge < -0.3 is 16.0 Å². The largest absolute Gasteiger partial charge is 0.352 e. The second kappa shape index (κ2) is 9.88. The van der Waals surface area contributed by atoms with Crippen LogP contribution in [0.2, 0.25) is 0 Å². The fourth-order valence-electron chi connectivity index (χ4n) is 3.20. The summed E-state index contributed by atoms with van der Waals surface area (Å²) in [6.45, 7) is 2.38. The molecular weight excluding hydrogens is 338 g/mol. The third-order valence-corrected chi connectivity index (χ3v) is 4.86. The number of aryl methyl sites for hydroxylation is 1. The van der Waals surface area contributed by atoms with Crippen LogP contribution >= 0.6 is 0 Å². The Morgan fingerprint density at radius 1 is 0.926 bits per heavy atom. The fraction of sp³-hybridized carbons (Fsp3) is 0.364. The first-order valence-electron chi connectivity index (χ1n) is 9.62. The molecular formula is C22H27N3O2. The molecule has 0 atom stereocenters. The van der Waals surface area contributed by atoms with Gasteiger partial charge in [0, 0.05) is 24.6 Å². The highest BCUT2D eigenvalue weighted by Gasteiger charge is 2.16. The molecule has 0 aromatic heterocycles. The summed E-state index contributed by atoms with van der Waals surface area (Å²) in [6, 6.07) is 17.7. The molecule has 0 saturated carbocycles. The van der Waals surface area contributed by atoms with Crippen LogP contribution in [0, 0.1) is 0 Å². The second-order valence-electron chi connectivity index (χ2n) is 6.96. The Kier molecular flexibility index (Phi) is 6.99. The van der Waals surface area contributed by atoms with Crippen molar-refractivity contribution < 1.29 is 9.59 Å². The minimum atomic E-state index is -0.0275. The molecule has 142 valence electrons. The van der Waals surface area contributed by atoms with E-state index in [1.807, 2.05) is 54.6 Å². The predicted molar refractivity (Wildman–Crippen MR) is 106 cm³/mol. The van der Waals surface area contributed by atoms with Gasteiger partial charge in [-0.1, -0.05) is 42.5 Å². The lowest BCUT2D eigenvalue weighted by Crippen LogP contribution is -2.42. The van der Waals surface area contributed by atoms with Gasteiger partial charge in [0.25, 0.3) is 5.91 Å². The monoisotopic (exact) mass is 365 g/mol. The molecule has 5 nitrogen and oxygen atoms in total. The average molecular weight is 365 g/mol. The third kappa shape index (κ3) is 6.22. The highest BCUT2D eigenvalue weighted by atomic mass is 16.2. The first-order chi connectivity index (χ1) is 13.2. The molecule has 0 aliphatic carbocycles. The molecule has 3 N–H and O–H groups in total. The van der Waals surface area contributed by atoms with E-state index in [2.05, 4.69) is 16.0 Å². The van der Waals surface area contributed by atoms with E-state index in [1.165, 1.54) is 0 Å². The van der Waals surface area contributed by atoms with Crippen LogP contribution in [0.3, 0.4) is 0 Å². The SMILES string of the molecule is O=C(CCc1ccccc1)NCc1ccc(C(=O)NC2CCNCC2)cc1. The van der Waals surface area contributed by atoms with Crippen molar-refractivity contribution in [2.24, 2.45) is 0 Å². The van der Waals surface area contributed by atoms with E-state index >= 15 is 0 Å². The van der Waals surface area contributed by atoms with E-state index < -0.39 is 0 Å². The van der Waals surface area contributed by atoms with Gasteiger partial charge in [-0.3, -0.25) is 9.59 Å². The lowest BCUT2D eigenvalue weighted by Gasteiger charge is -2.23. The highest BCUT2D eigenvalue weighted by molar-refractivity contribution is 5.94.